The van der Waals surface area contributed by atoms with Crippen molar-refractivity contribution in [1.82, 2.24) is 15.0 Å². The van der Waals surface area contributed by atoms with E-state index < -0.39 is 0 Å². The van der Waals surface area contributed by atoms with E-state index in [1.54, 1.807) is 18.6 Å². The van der Waals surface area contributed by atoms with Crippen molar-refractivity contribution in [3.8, 4) is 0 Å². The maximum atomic E-state index is 4.43. The van der Waals surface area contributed by atoms with Gasteiger partial charge in [0, 0.05) is 12.4 Å². The van der Waals surface area contributed by atoms with E-state index in [2.05, 4.69) is 34.1 Å². The van der Waals surface area contributed by atoms with Crippen molar-refractivity contribution in [3.63, 3.8) is 0 Å². The molecule has 0 saturated carbocycles. The lowest BCUT2D eigenvalue weighted by Crippen LogP contribution is -1.99. The van der Waals surface area contributed by atoms with Crippen LogP contribution in [0.2, 0.25) is 0 Å². The summed E-state index contributed by atoms with van der Waals surface area (Å²) < 4.78 is 0. The van der Waals surface area contributed by atoms with Gasteiger partial charge in [-0.1, -0.05) is 13.8 Å². The van der Waals surface area contributed by atoms with Gasteiger partial charge in [-0.3, -0.25) is 4.98 Å². The van der Waals surface area contributed by atoms with Crippen LogP contribution in [0.5, 0.6) is 0 Å². The minimum absolute atomic E-state index is 0.741. The van der Waals surface area contributed by atoms with Crippen molar-refractivity contribution in [3.05, 3.63) is 42.0 Å². The van der Waals surface area contributed by atoms with Gasteiger partial charge >= 0.3 is 0 Å². The minimum Gasteiger partial charge on any atom is -0.324 e. The number of pyridine rings is 1. The standard InChI is InChI=1S/C13H16N4/c1-3-10-5-6-15-12(7-10)17-13-9-14-8-11(4-2)16-13/h5-9H,3-4H2,1-2H3,(H,15,16,17). The van der Waals surface area contributed by atoms with E-state index in [1.807, 2.05) is 12.1 Å². The highest BCUT2D eigenvalue weighted by Gasteiger charge is 2.00. The van der Waals surface area contributed by atoms with Gasteiger partial charge in [0.25, 0.3) is 0 Å². The van der Waals surface area contributed by atoms with Crippen LogP contribution in [0.15, 0.2) is 30.7 Å². The topological polar surface area (TPSA) is 50.7 Å². The fourth-order valence-electron chi connectivity index (χ4n) is 1.53. The smallest absolute Gasteiger partial charge is 0.150 e. The molecule has 88 valence electrons. The molecule has 0 spiro atoms. The second kappa shape index (κ2) is 5.39. The third-order valence-corrected chi connectivity index (χ3v) is 2.54. The zero-order chi connectivity index (χ0) is 12.1. The Kier molecular flexibility index (Phi) is 3.65. The van der Waals surface area contributed by atoms with Crippen LogP contribution in [0.3, 0.4) is 0 Å². The van der Waals surface area contributed by atoms with Crippen LogP contribution in [0.25, 0.3) is 0 Å². The van der Waals surface area contributed by atoms with E-state index in [1.165, 1.54) is 5.56 Å². The molecule has 0 unspecified atom stereocenters. The molecule has 2 heterocycles. The predicted octanol–water partition coefficient (Wildman–Crippen LogP) is 2.74. The molecule has 4 heteroatoms. The number of rotatable bonds is 4. The van der Waals surface area contributed by atoms with Gasteiger partial charge in [-0.25, -0.2) is 9.97 Å². The molecule has 17 heavy (non-hydrogen) atoms. The third-order valence-electron chi connectivity index (χ3n) is 2.54. The fraction of sp³-hybridized carbons (Fsp3) is 0.308. The Morgan fingerprint density at radius 1 is 1.12 bits per heavy atom. The van der Waals surface area contributed by atoms with Gasteiger partial charge in [-0.05, 0) is 30.5 Å². The summed E-state index contributed by atoms with van der Waals surface area (Å²) in [7, 11) is 0. The average molecular weight is 228 g/mol. The number of aromatic nitrogens is 3. The van der Waals surface area contributed by atoms with Gasteiger partial charge in [0.05, 0.1) is 11.9 Å². The molecule has 2 aromatic rings. The molecule has 0 aliphatic rings. The lowest BCUT2D eigenvalue weighted by atomic mass is 10.2. The SMILES string of the molecule is CCc1ccnc(Nc2cncc(CC)n2)c1. The first-order chi connectivity index (χ1) is 8.31. The van der Waals surface area contributed by atoms with Crippen molar-refractivity contribution in [2.75, 3.05) is 5.32 Å². The maximum absolute atomic E-state index is 4.43. The van der Waals surface area contributed by atoms with Gasteiger partial charge < -0.3 is 5.32 Å². The van der Waals surface area contributed by atoms with Crippen molar-refractivity contribution < 1.29 is 0 Å². The van der Waals surface area contributed by atoms with E-state index in [-0.39, 0.29) is 0 Å². The molecule has 0 atom stereocenters. The Bertz CT molecular complexity index is 451. The van der Waals surface area contributed by atoms with Crippen LogP contribution in [-0.2, 0) is 12.8 Å². The highest BCUT2D eigenvalue weighted by Crippen LogP contribution is 2.13. The minimum atomic E-state index is 0.741. The van der Waals surface area contributed by atoms with Crippen LogP contribution in [0.4, 0.5) is 11.6 Å². The van der Waals surface area contributed by atoms with E-state index in [9.17, 15) is 0 Å². The first-order valence-corrected chi connectivity index (χ1v) is 5.84. The summed E-state index contributed by atoms with van der Waals surface area (Å²) in [6.45, 7) is 4.18. The maximum Gasteiger partial charge on any atom is 0.150 e. The average Bonchev–Trinajstić information content (AvgIpc) is 2.39. The molecule has 0 aliphatic carbocycles. The lowest BCUT2D eigenvalue weighted by molar-refractivity contribution is 1.00. The van der Waals surface area contributed by atoms with Crippen LogP contribution < -0.4 is 5.32 Å². The van der Waals surface area contributed by atoms with Crippen LogP contribution in [0, 0.1) is 0 Å². The van der Waals surface area contributed by atoms with E-state index in [0.29, 0.717) is 0 Å². The van der Waals surface area contributed by atoms with Gasteiger partial charge in [0.1, 0.15) is 11.6 Å². The van der Waals surface area contributed by atoms with E-state index in [0.717, 1.165) is 30.2 Å². The first kappa shape index (κ1) is 11.5. The second-order valence-corrected chi connectivity index (χ2v) is 3.78. The summed E-state index contributed by atoms with van der Waals surface area (Å²) in [6.07, 6.45) is 7.17. The summed E-state index contributed by atoms with van der Waals surface area (Å²) in [5.41, 5.74) is 2.23. The van der Waals surface area contributed by atoms with Crippen LogP contribution in [0.1, 0.15) is 25.1 Å². The van der Waals surface area contributed by atoms with E-state index >= 15 is 0 Å². The van der Waals surface area contributed by atoms with E-state index in [4.69, 9.17) is 0 Å². The number of hydrogen-bond donors (Lipinski definition) is 1. The molecule has 0 amide bonds. The second-order valence-electron chi connectivity index (χ2n) is 3.78. The largest absolute Gasteiger partial charge is 0.324 e. The summed E-state index contributed by atoms with van der Waals surface area (Å²) in [6, 6.07) is 4.04. The Balaban J connectivity index is 2.18. The molecule has 0 aromatic carbocycles. The molecule has 4 nitrogen and oxygen atoms in total. The molecule has 2 rings (SSSR count). The number of anilines is 2. The number of hydrogen-bond acceptors (Lipinski definition) is 4. The Hall–Kier alpha value is -1.97. The van der Waals surface area contributed by atoms with Gasteiger partial charge in [0.15, 0.2) is 0 Å². The van der Waals surface area contributed by atoms with Crippen molar-refractivity contribution in [1.29, 1.82) is 0 Å². The first-order valence-electron chi connectivity index (χ1n) is 5.84. The Morgan fingerprint density at radius 2 is 2.00 bits per heavy atom. The zero-order valence-corrected chi connectivity index (χ0v) is 10.1. The molecule has 0 bridgehead atoms. The van der Waals surface area contributed by atoms with Gasteiger partial charge in [-0.15, -0.1) is 0 Å². The highest BCUT2D eigenvalue weighted by molar-refractivity contribution is 5.51. The predicted molar refractivity (Wildman–Crippen MR) is 68.3 cm³/mol. The highest BCUT2D eigenvalue weighted by atomic mass is 15.1. The molecule has 0 aliphatic heterocycles. The quantitative estimate of drug-likeness (QED) is 0.874. The van der Waals surface area contributed by atoms with Gasteiger partial charge in [-0.2, -0.15) is 0 Å². The molecule has 2 aromatic heterocycles. The number of aryl methyl sites for hydroxylation is 2. The summed E-state index contributed by atoms with van der Waals surface area (Å²) in [5.74, 6) is 1.55. The fourth-order valence-corrected chi connectivity index (χ4v) is 1.53. The molecular formula is C13H16N4. The molecule has 0 saturated heterocycles. The Morgan fingerprint density at radius 3 is 2.76 bits per heavy atom. The summed E-state index contributed by atoms with van der Waals surface area (Å²) >= 11 is 0. The third kappa shape index (κ3) is 3.00. The van der Waals surface area contributed by atoms with Crippen molar-refractivity contribution in [2.45, 2.75) is 26.7 Å². The Labute approximate surface area is 101 Å². The van der Waals surface area contributed by atoms with Gasteiger partial charge in [0.2, 0.25) is 0 Å². The lowest BCUT2D eigenvalue weighted by Gasteiger charge is -2.06. The molecule has 0 fully saturated rings. The van der Waals surface area contributed by atoms with Crippen LogP contribution in [-0.4, -0.2) is 15.0 Å². The number of nitrogens with one attached hydrogen (secondary N) is 1. The monoisotopic (exact) mass is 228 g/mol. The molecular weight excluding hydrogens is 212 g/mol. The molecule has 0 radical (unpaired) electrons. The zero-order valence-electron chi connectivity index (χ0n) is 10.1. The molecule has 1 N–H and O–H groups in total. The summed E-state index contributed by atoms with van der Waals surface area (Å²) in [4.78, 5) is 12.8. The number of nitrogens with zero attached hydrogens (tertiary/aromatic N) is 3. The van der Waals surface area contributed by atoms with Crippen LogP contribution >= 0.6 is 0 Å². The summed E-state index contributed by atoms with van der Waals surface area (Å²) in [5, 5.41) is 3.17. The van der Waals surface area contributed by atoms with Crippen molar-refractivity contribution >= 4 is 11.6 Å². The van der Waals surface area contributed by atoms with Crippen molar-refractivity contribution in [2.24, 2.45) is 0 Å². The normalized spacial score (nSPS) is 10.2.